The van der Waals surface area contributed by atoms with E-state index < -0.39 is 0 Å². The molecule has 1 atom stereocenters. The Morgan fingerprint density at radius 1 is 1.33 bits per heavy atom. The number of fused-ring (bicyclic) bond motifs is 1. The van der Waals surface area contributed by atoms with E-state index in [1.54, 1.807) is 25.7 Å². The van der Waals surface area contributed by atoms with E-state index in [1.807, 2.05) is 41.1 Å². The summed E-state index contributed by atoms with van der Waals surface area (Å²) in [7, 11) is 1.61. The third-order valence-corrected chi connectivity index (χ3v) is 5.19. The third kappa shape index (κ3) is 3.91. The van der Waals surface area contributed by atoms with Gasteiger partial charge in [0.25, 0.3) is 5.91 Å². The summed E-state index contributed by atoms with van der Waals surface area (Å²) in [6, 6.07) is 16.2. The molecule has 2 aromatic carbocycles. The summed E-state index contributed by atoms with van der Waals surface area (Å²) in [4.78, 5) is 17.0. The van der Waals surface area contributed by atoms with Crippen molar-refractivity contribution in [3.05, 3.63) is 83.4 Å². The topological polar surface area (TPSA) is 82.2 Å². The summed E-state index contributed by atoms with van der Waals surface area (Å²) < 4.78 is 7.38. The van der Waals surface area contributed by atoms with Gasteiger partial charge in [-0.05, 0) is 53.7 Å². The van der Waals surface area contributed by atoms with Crippen molar-refractivity contribution in [1.82, 2.24) is 14.9 Å². The van der Waals surface area contributed by atoms with Gasteiger partial charge in [0.05, 0.1) is 30.7 Å². The Hall–Kier alpha value is -3.98. The van der Waals surface area contributed by atoms with Gasteiger partial charge in [-0.15, -0.1) is 0 Å². The zero-order valence-electron chi connectivity index (χ0n) is 16.6. The summed E-state index contributed by atoms with van der Waals surface area (Å²) in [6.45, 7) is 0. The number of imidazole rings is 1. The predicted molar refractivity (Wildman–Crippen MR) is 116 cm³/mol. The van der Waals surface area contributed by atoms with Crippen molar-refractivity contribution in [1.29, 1.82) is 0 Å². The zero-order valence-corrected chi connectivity index (χ0v) is 16.6. The van der Waals surface area contributed by atoms with Gasteiger partial charge in [0, 0.05) is 18.4 Å². The number of hydrogen-bond donors (Lipinski definition) is 2. The van der Waals surface area contributed by atoms with Crippen molar-refractivity contribution < 1.29 is 9.53 Å². The molecule has 1 aliphatic carbocycles. The van der Waals surface area contributed by atoms with E-state index in [-0.39, 0.29) is 11.9 Å². The van der Waals surface area contributed by atoms with Crippen LogP contribution in [0.3, 0.4) is 0 Å². The predicted octanol–water partition coefficient (Wildman–Crippen LogP) is 2.99. The monoisotopic (exact) mass is 398 g/mol. The fraction of sp³-hybridized carbons (Fsp3) is 0.167. The second-order valence-corrected chi connectivity index (χ2v) is 6.99. The number of ether oxygens (including phenoxy) is 1. The highest BCUT2D eigenvalue weighted by molar-refractivity contribution is 6.02. The normalized spacial score (nSPS) is 15.1. The quantitative estimate of drug-likeness (QED) is 0.393. The number of rotatable bonds is 5. The number of nitrogens with zero attached hydrogens (tertiary/aromatic N) is 2. The van der Waals surface area contributed by atoms with Crippen molar-refractivity contribution in [2.45, 2.75) is 18.9 Å². The minimum absolute atomic E-state index is 0.0187. The Kier molecular flexibility index (Phi) is 5.53. The minimum atomic E-state index is -0.243. The Labute approximate surface area is 175 Å². The minimum Gasteiger partial charge on any atom is -0.495 e. The second-order valence-electron chi connectivity index (χ2n) is 6.99. The number of hydrogen-bond acceptors (Lipinski definition) is 4. The fourth-order valence-electron chi connectivity index (χ4n) is 3.74. The molecule has 0 spiro atoms. The summed E-state index contributed by atoms with van der Waals surface area (Å²) in [5.74, 6) is 3.15. The first-order chi connectivity index (χ1) is 14.7. The van der Waals surface area contributed by atoms with Crippen LogP contribution in [0.1, 0.15) is 29.2 Å². The summed E-state index contributed by atoms with van der Waals surface area (Å²) in [5.41, 5.74) is 9.82. The highest BCUT2D eigenvalue weighted by Crippen LogP contribution is 2.31. The number of carbonyl (C=O) groups excluding carboxylic acids is 1. The van der Waals surface area contributed by atoms with E-state index in [0.717, 1.165) is 29.7 Å². The molecule has 0 radical (unpaired) electrons. The molecule has 6 heteroatoms. The lowest BCUT2D eigenvalue weighted by Gasteiger charge is -2.14. The maximum atomic E-state index is 12.9. The second kappa shape index (κ2) is 8.58. The molecular weight excluding hydrogens is 376 g/mol. The SMILES string of the molecule is COc1cc(/C=C(\C#CN)C(=O)NC2CCc3ccccc32)ccc1-n1ccnc1. The molecule has 1 aromatic heterocycles. The molecular formula is C24H22N4O2. The molecule has 0 saturated heterocycles. The number of methoxy groups -OCH3 is 1. The Bertz CT molecular complexity index is 1150. The van der Waals surface area contributed by atoms with E-state index in [1.165, 1.54) is 5.56 Å². The van der Waals surface area contributed by atoms with E-state index >= 15 is 0 Å². The number of aromatic nitrogens is 2. The molecule has 0 bridgehead atoms. The molecule has 0 saturated carbocycles. The van der Waals surface area contributed by atoms with Crippen molar-refractivity contribution >= 4 is 12.0 Å². The van der Waals surface area contributed by atoms with Gasteiger partial charge in [0.1, 0.15) is 5.75 Å². The molecule has 3 N–H and O–H groups in total. The van der Waals surface area contributed by atoms with Crippen LogP contribution in [0.2, 0.25) is 0 Å². The van der Waals surface area contributed by atoms with E-state index in [0.29, 0.717) is 11.3 Å². The molecule has 30 heavy (non-hydrogen) atoms. The molecule has 0 fully saturated rings. The van der Waals surface area contributed by atoms with Gasteiger partial charge in [0.15, 0.2) is 0 Å². The van der Waals surface area contributed by atoms with Gasteiger partial charge in [-0.3, -0.25) is 4.79 Å². The molecule has 3 aromatic rings. The first-order valence-electron chi connectivity index (χ1n) is 9.68. The highest BCUT2D eigenvalue weighted by Gasteiger charge is 2.24. The van der Waals surface area contributed by atoms with Gasteiger partial charge in [0.2, 0.25) is 0 Å². The van der Waals surface area contributed by atoms with Crippen LogP contribution in [-0.2, 0) is 11.2 Å². The largest absolute Gasteiger partial charge is 0.495 e. The molecule has 6 nitrogen and oxygen atoms in total. The van der Waals surface area contributed by atoms with E-state index in [9.17, 15) is 4.79 Å². The lowest BCUT2D eigenvalue weighted by Crippen LogP contribution is -2.28. The smallest absolute Gasteiger partial charge is 0.260 e. The standard InChI is InChI=1S/C24H22N4O2/c1-30-23-15-17(6-9-22(23)28-13-12-26-16-28)14-19(10-11-25)24(29)27-21-8-7-18-4-2-3-5-20(18)21/h2-6,9,12-16,21H,7-8,25H2,1H3,(H,27,29)/b19-14+. The molecule has 1 heterocycles. The van der Waals surface area contributed by atoms with Crippen molar-refractivity contribution in [2.24, 2.45) is 5.73 Å². The van der Waals surface area contributed by atoms with Crippen LogP contribution in [0.25, 0.3) is 11.8 Å². The van der Waals surface area contributed by atoms with Crippen LogP contribution in [0.4, 0.5) is 0 Å². The zero-order chi connectivity index (χ0) is 20.9. The van der Waals surface area contributed by atoms with Gasteiger partial charge in [-0.1, -0.05) is 30.3 Å². The lowest BCUT2D eigenvalue weighted by atomic mass is 10.1. The van der Waals surface area contributed by atoms with Crippen LogP contribution in [0.5, 0.6) is 5.75 Å². The highest BCUT2D eigenvalue weighted by atomic mass is 16.5. The van der Waals surface area contributed by atoms with E-state index in [2.05, 4.69) is 34.4 Å². The van der Waals surface area contributed by atoms with Crippen molar-refractivity contribution in [3.8, 4) is 23.4 Å². The molecule has 4 rings (SSSR count). The summed E-state index contributed by atoms with van der Waals surface area (Å²) in [5, 5.41) is 3.09. The molecule has 150 valence electrons. The van der Waals surface area contributed by atoms with E-state index in [4.69, 9.17) is 10.5 Å². The first-order valence-corrected chi connectivity index (χ1v) is 9.68. The third-order valence-electron chi connectivity index (χ3n) is 5.19. The Morgan fingerprint density at radius 3 is 2.97 bits per heavy atom. The number of benzene rings is 2. The van der Waals surface area contributed by atoms with Crippen LogP contribution in [-0.4, -0.2) is 22.6 Å². The average Bonchev–Trinajstić information content (AvgIpc) is 3.44. The molecule has 0 aliphatic heterocycles. The van der Waals surface area contributed by atoms with Gasteiger partial charge in [-0.25, -0.2) is 4.98 Å². The maximum Gasteiger partial charge on any atom is 0.260 e. The Morgan fingerprint density at radius 2 is 2.20 bits per heavy atom. The lowest BCUT2D eigenvalue weighted by molar-refractivity contribution is -0.117. The number of nitrogens with one attached hydrogen (secondary N) is 1. The first kappa shape index (κ1) is 19.3. The average molecular weight is 398 g/mol. The number of aryl methyl sites for hydroxylation is 1. The van der Waals surface area contributed by atoms with Crippen LogP contribution >= 0.6 is 0 Å². The van der Waals surface area contributed by atoms with Crippen LogP contribution in [0, 0.1) is 12.0 Å². The van der Waals surface area contributed by atoms with Gasteiger partial charge in [-0.2, -0.15) is 0 Å². The van der Waals surface area contributed by atoms with Crippen molar-refractivity contribution in [2.75, 3.05) is 7.11 Å². The fourth-order valence-corrected chi connectivity index (χ4v) is 3.74. The van der Waals surface area contributed by atoms with Crippen LogP contribution in [0.15, 0.2) is 66.8 Å². The maximum absolute atomic E-state index is 12.9. The molecule has 1 aliphatic rings. The number of carbonyl (C=O) groups is 1. The Balaban J connectivity index is 1.59. The van der Waals surface area contributed by atoms with Gasteiger partial charge >= 0.3 is 0 Å². The molecule has 1 amide bonds. The van der Waals surface area contributed by atoms with Gasteiger partial charge < -0.3 is 20.4 Å². The number of nitrogens with two attached hydrogens (primary N) is 1. The van der Waals surface area contributed by atoms with Crippen molar-refractivity contribution in [3.63, 3.8) is 0 Å². The summed E-state index contributed by atoms with van der Waals surface area (Å²) in [6.07, 6.45) is 8.79. The molecule has 1 unspecified atom stereocenters. The number of amides is 1. The summed E-state index contributed by atoms with van der Waals surface area (Å²) >= 11 is 0. The van der Waals surface area contributed by atoms with Crippen LogP contribution < -0.4 is 15.8 Å².